The average Bonchev–Trinajstić information content (AvgIpc) is 3.69. The lowest BCUT2D eigenvalue weighted by Crippen LogP contribution is -2.61. The molecule has 1 fully saturated rings. The van der Waals surface area contributed by atoms with Crippen molar-refractivity contribution in [3.63, 3.8) is 0 Å². The molecule has 0 spiro atoms. The molecule has 0 radical (unpaired) electrons. The molecule has 0 aromatic rings. The van der Waals surface area contributed by atoms with Gasteiger partial charge in [0.25, 0.3) is 0 Å². The number of rotatable bonds is 58. The van der Waals surface area contributed by atoms with E-state index in [1.807, 2.05) is 6.08 Å². The van der Waals surface area contributed by atoms with Crippen molar-refractivity contribution in [1.82, 2.24) is 5.32 Å². The number of carbonyl (C=O) groups is 2. The molecule has 84 heavy (non-hydrogen) atoms. The van der Waals surface area contributed by atoms with E-state index in [-0.39, 0.29) is 19.4 Å². The lowest BCUT2D eigenvalue weighted by Gasteiger charge is -2.41. The molecule has 484 valence electrons. The molecule has 1 aliphatic heterocycles. The van der Waals surface area contributed by atoms with Crippen molar-refractivity contribution >= 4 is 11.9 Å². The number of nitrogens with one attached hydrogen (secondary N) is 1. The number of carbonyl (C=O) groups excluding carboxylic acids is 2. The summed E-state index contributed by atoms with van der Waals surface area (Å²) in [6.45, 7) is 5.66. The molecular formula is C73H127NO10. The molecule has 1 heterocycles. The van der Waals surface area contributed by atoms with Gasteiger partial charge >= 0.3 is 5.97 Å². The van der Waals surface area contributed by atoms with Gasteiger partial charge < -0.3 is 45.1 Å². The predicted octanol–water partition coefficient (Wildman–Crippen LogP) is 17.5. The van der Waals surface area contributed by atoms with Crippen LogP contribution < -0.4 is 5.32 Å². The summed E-state index contributed by atoms with van der Waals surface area (Å²) in [5.74, 6) is -1.21. The minimum absolute atomic E-state index is 0.114. The van der Waals surface area contributed by atoms with Crippen LogP contribution in [0.5, 0.6) is 0 Å². The summed E-state index contributed by atoms with van der Waals surface area (Å²) >= 11 is 0. The van der Waals surface area contributed by atoms with Crippen LogP contribution in [0.1, 0.15) is 290 Å². The average molecular weight is 1180 g/mol. The molecule has 6 N–H and O–H groups in total. The zero-order valence-corrected chi connectivity index (χ0v) is 53.7. The smallest absolute Gasteiger partial charge is 0.306 e. The van der Waals surface area contributed by atoms with Crippen molar-refractivity contribution < 1.29 is 49.3 Å². The summed E-state index contributed by atoms with van der Waals surface area (Å²) in [5.41, 5.74) is 0. The normalized spacial score (nSPS) is 19.1. The highest BCUT2D eigenvalue weighted by Gasteiger charge is 2.47. The van der Waals surface area contributed by atoms with Gasteiger partial charge in [-0.3, -0.25) is 9.59 Å². The van der Waals surface area contributed by atoms with Gasteiger partial charge in [-0.15, -0.1) is 0 Å². The highest BCUT2D eigenvalue weighted by molar-refractivity contribution is 5.80. The summed E-state index contributed by atoms with van der Waals surface area (Å²) in [7, 11) is 0. The highest BCUT2D eigenvalue weighted by atomic mass is 16.7. The molecule has 1 saturated heterocycles. The number of hydrogen-bond donors (Lipinski definition) is 6. The second kappa shape index (κ2) is 59.9. The number of unbranched alkanes of at least 4 members (excludes halogenated alkanes) is 30. The van der Waals surface area contributed by atoms with Crippen molar-refractivity contribution in [2.75, 3.05) is 13.2 Å². The molecule has 0 saturated carbocycles. The van der Waals surface area contributed by atoms with Crippen LogP contribution in [-0.2, 0) is 23.8 Å². The van der Waals surface area contributed by atoms with Crippen LogP contribution in [0.25, 0.3) is 0 Å². The van der Waals surface area contributed by atoms with E-state index in [1.165, 1.54) is 122 Å². The third-order valence-corrected chi connectivity index (χ3v) is 15.7. The van der Waals surface area contributed by atoms with E-state index in [9.17, 15) is 35.1 Å². The highest BCUT2D eigenvalue weighted by Crippen LogP contribution is 2.26. The Morgan fingerprint density at radius 1 is 0.476 bits per heavy atom. The summed E-state index contributed by atoms with van der Waals surface area (Å²) in [6, 6.07) is -1.03. The van der Waals surface area contributed by atoms with Crippen LogP contribution in [0.2, 0.25) is 0 Å². The van der Waals surface area contributed by atoms with Crippen LogP contribution in [0.3, 0.4) is 0 Å². The Balaban J connectivity index is 2.57. The van der Waals surface area contributed by atoms with Crippen LogP contribution in [0.15, 0.2) is 97.2 Å². The van der Waals surface area contributed by atoms with Gasteiger partial charge in [-0.2, -0.15) is 0 Å². The fourth-order valence-corrected chi connectivity index (χ4v) is 10.3. The fraction of sp³-hybridized carbons (Fsp3) is 0.753. The summed E-state index contributed by atoms with van der Waals surface area (Å²) < 4.78 is 17.7. The third-order valence-electron chi connectivity index (χ3n) is 15.7. The van der Waals surface area contributed by atoms with Crippen molar-refractivity contribution in [2.24, 2.45) is 0 Å². The lowest BCUT2D eigenvalue weighted by molar-refractivity contribution is -0.305. The molecule has 11 nitrogen and oxygen atoms in total. The maximum absolute atomic E-state index is 13.4. The van der Waals surface area contributed by atoms with Crippen LogP contribution in [0.4, 0.5) is 0 Å². The molecule has 1 aliphatic rings. The monoisotopic (exact) mass is 1180 g/mol. The number of aliphatic hydroxyl groups is 5. The fourth-order valence-electron chi connectivity index (χ4n) is 10.3. The van der Waals surface area contributed by atoms with Gasteiger partial charge in [-0.1, -0.05) is 279 Å². The van der Waals surface area contributed by atoms with Crippen molar-refractivity contribution in [3.8, 4) is 0 Å². The molecule has 11 heteroatoms. The first kappa shape index (κ1) is 78.6. The molecule has 1 rings (SSSR count). The molecule has 0 aromatic heterocycles. The van der Waals surface area contributed by atoms with Gasteiger partial charge in [0, 0.05) is 6.42 Å². The van der Waals surface area contributed by atoms with Crippen LogP contribution in [0, 0.1) is 0 Å². The van der Waals surface area contributed by atoms with E-state index in [4.69, 9.17) is 14.2 Å². The Kier molecular flexibility index (Phi) is 56.0. The van der Waals surface area contributed by atoms with E-state index >= 15 is 0 Å². The molecule has 8 atom stereocenters. The Hall–Kier alpha value is -3.42. The Morgan fingerprint density at radius 2 is 0.857 bits per heavy atom. The summed E-state index contributed by atoms with van der Waals surface area (Å²) in [4.78, 5) is 26.6. The number of amides is 1. The maximum atomic E-state index is 13.4. The van der Waals surface area contributed by atoms with Crippen LogP contribution in [-0.4, -0.2) is 99.6 Å². The number of aliphatic hydroxyl groups excluding tert-OH is 5. The Bertz CT molecular complexity index is 1740. The molecule has 0 aromatic carbocycles. The number of allylic oxidation sites excluding steroid dienone is 15. The quantitative estimate of drug-likeness (QED) is 0.0195. The molecule has 8 unspecified atom stereocenters. The first-order valence-corrected chi connectivity index (χ1v) is 34.5. The van der Waals surface area contributed by atoms with E-state index < -0.39 is 67.4 Å². The maximum Gasteiger partial charge on any atom is 0.306 e. The van der Waals surface area contributed by atoms with Crippen molar-refractivity contribution in [2.45, 2.75) is 339 Å². The van der Waals surface area contributed by atoms with Gasteiger partial charge in [-0.05, 0) is 103 Å². The molecule has 0 bridgehead atoms. The molecule has 1 amide bonds. The third kappa shape index (κ3) is 46.8. The van der Waals surface area contributed by atoms with E-state index in [2.05, 4.69) is 111 Å². The number of hydrogen-bond acceptors (Lipinski definition) is 10. The minimum Gasteiger partial charge on any atom is -0.454 e. The molecular weight excluding hydrogens is 1050 g/mol. The topological polar surface area (TPSA) is 175 Å². The number of ether oxygens (including phenoxy) is 3. The van der Waals surface area contributed by atoms with Gasteiger partial charge in [0.15, 0.2) is 12.4 Å². The second-order valence-corrected chi connectivity index (χ2v) is 23.5. The van der Waals surface area contributed by atoms with Crippen molar-refractivity contribution in [1.29, 1.82) is 0 Å². The van der Waals surface area contributed by atoms with Gasteiger partial charge in [0.2, 0.25) is 5.91 Å². The molecule has 0 aliphatic carbocycles. The number of esters is 1. The largest absolute Gasteiger partial charge is 0.454 e. The van der Waals surface area contributed by atoms with Crippen LogP contribution >= 0.6 is 0 Å². The Labute approximate surface area is 514 Å². The standard InChI is InChI=1S/C73H127NO10/c1-4-7-10-13-16-19-22-25-27-29-30-31-32-33-34-35-36-37-38-39-41-43-46-49-52-55-58-61-68(78)84-71-70(80)69(79)67(62-75)83-73(71)82-63-64(65(76)59-56-53-50-47-44-24-21-18-15-12-9-6-3)74-72(81)66(77)60-57-54-51-48-45-42-40-28-26-23-20-17-14-11-8-5-2/h7,10,16-17,19-20,25-28,30-31,33-34,56,59,64-67,69-71,73,75-77,79-80H,4-6,8-9,11-15,18,21-24,29,32,35-55,57-58,60-63H2,1-3H3,(H,74,81)/b10-7-,19-16-,20-17-,27-25-,28-26-,31-30-,34-33-,59-56+. The predicted molar refractivity (Wildman–Crippen MR) is 352 cm³/mol. The Morgan fingerprint density at radius 3 is 1.31 bits per heavy atom. The van der Waals surface area contributed by atoms with E-state index in [0.29, 0.717) is 12.8 Å². The van der Waals surface area contributed by atoms with E-state index in [0.717, 1.165) is 122 Å². The minimum atomic E-state index is -1.62. The zero-order chi connectivity index (χ0) is 61.0. The first-order valence-electron chi connectivity index (χ1n) is 34.5. The second-order valence-electron chi connectivity index (χ2n) is 23.5. The summed E-state index contributed by atoms with van der Waals surface area (Å²) in [5, 5.41) is 57.1. The van der Waals surface area contributed by atoms with Gasteiger partial charge in [-0.25, -0.2) is 0 Å². The summed E-state index contributed by atoms with van der Waals surface area (Å²) in [6.07, 6.45) is 70.1. The SMILES string of the molecule is CC/C=C\C/C=C\C/C=C\C/C=C\C/C=C\CCCCCCCCCCCCCC(=O)OC1C(OCC(NC(=O)C(O)CCCCCCCC/C=C\C/C=C\CCCCC)C(O)/C=C/CCCCCCCCCCCC)OC(CO)C(O)C1O. The van der Waals surface area contributed by atoms with E-state index in [1.54, 1.807) is 6.08 Å². The first-order chi connectivity index (χ1) is 41.2. The van der Waals surface area contributed by atoms with Crippen molar-refractivity contribution in [3.05, 3.63) is 97.2 Å². The van der Waals surface area contributed by atoms with Gasteiger partial charge in [0.05, 0.1) is 25.4 Å². The lowest BCUT2D eigenvalue weighted by atomic mass is 9.99. The zero-order valence-electron chi connectivity index (χ0n) is 53.7. The van der Waals surface area contributed by atoms with Gasteiger partial charge in [0.1, 0.15) is 24.4 Å².